The van der Waals surface area contributed by atoms with Gasteiger partial charge in [0.25, 0.3) is 0 Å². The molecule has 1 aliphatic carbocycles. The lowest BCUT2D eigenvalue weighted by Gasteiger charge is -2.33. The molecule has 1 N–H and O–H groups in total. The summed E-state index contributed by atoms with van der Waals surface area (Å²) in [5.74, 6) is -0.459. The van der Waals surface area contributed by atoms with Crippen LogP contribution in [-0.2, 0) is 32.6 Å². The molecule has 0 aliphatic heterocycles. The van der Waals surface area contributed by atoms with Gasteiger partial charge in [-0.2, -0.15) is 0 Å². The minimum atomic E-state index is -3.59. The van der Waals surface area contributed by atoms with E-state index in [1.54, 1.807) is 29.2 Å². The van der Waals surface area contributed by atoms with Gasteiger partial charge in [-0.05, 0) is 79.6 Å². The number of hydrogen-bond donors (Lipinski definition) is 1. The van der Waals surface area contributed by atoms with Crippen molar-refractivity contribution < 1.29 is 18.0 Å². The molecule has 2 amide bonds. The summed E-state index contributed by atoms with van der Waals surface area (Å²) in [5.41, 5.74) is 4.20. The van der Waals surface area contributed by atoms with Crippen LogP contribution in [0.4, 0.5) is 5.69 Å². The van der Waals surface area contributed by atoms with Gasteiger partial charge in [-0.1, -0.05) is 78.5 Å². The molecule has 1 saturated carbocycles. The lowest BCUT2D eigenvalue weighted by molar-refractivity contribution is -0.141. The SMILES string of the molecule is Cc1ccc(N(CCCC(=O)N(Cc2ccc(Cl)cc2Cl)[C@@H](Cc2ccccc2)C(=O)NC2CCCC2)S(C)(=O)=O)cc1C. The number of nitrogens with zero attached hydrogens (tertiary/aromatic N) is 2. The van der Waals surface area contributed by atoms with Crippen LogP contribution in [0, 0.1) is 13.8 Å². The summed E-state index contributed by atoms with van der Waals surface area (Å²) < 4.78 is 26.9. The van der Waals surface area contributed by atoms with E-state index >= 15 is 0 Å². The fourth-order valence-corrected chi connectivity index (χ4v) is 7.07. The fraction of sp³-hybridized carbons (Fsp3) is 0.412. The maximum absolute atomic E-state index is 14.1. The number of amides is 2. The first-order valence-corrected chi connectivity index (χ1v) is 17.7. The third-order valence-electron chi connectivity index (χ3n) is 8.26. The number of nitrogens with one attached hydrogen (secondary N) is 1. The van der Waals surface area contributed by atoms with E-state index in [1.807, 2.05) is 56.3 Å². The minimum absolute atomic E-state index is 0.0457. The van der Waals surface area contributed by atoms with Crippen LogP contribution in [0.5, 0.6) is 0 Å². The number of carbonyl (C=O) groups is 2. The molecule has 0 bridgehead atoms. The number of benzene rings is 3. The second kappa shape index (κ2) is 15.3. The molecule has 0 saturated heterocycles. The van der Waals surface area contributed by atoms with Crippen molar-refractivity contribution in [2.24, 2.45) is 0 Å². The van der Waals surface area contributed by atoms with Crippen LogP contribution < -0.4 is 9.62 Å². The number of anilines is 1. The van der Waals surface area contributed by atoms with E-state index in [9.17, 15) is 18.0 Å². The molecular formula is C34H41Cl2N3O4S. The van der Waals surface area contributed by atoms with Crippen LogP contribution in [0.3, 0.4) is 0 Å². The summed E-state index contributed by atoms with van der Waals surface area (Å²) in [7, 11) is -3.59. The first-order chi connectivity index (χ1) is 20.9. The molecule has 1 fully saturated rings. The van der Waals surface area contributed by atoms with Gasteiger partial charge in [-0.25, -0.2) is 8.42 Å². The summed E-state index contributed by atoms with van der Waals surface area (Å²) in [5, 5.41) is 4.08. The third-order valence-corrected chi connectivity index (χ3v) is 10.0. The largest absolute Gasteiger partial charge is 0.352 e. The van der Waals surface area contributed by atoms with Crippen molar-refractivity contribution in [3.63, 3.8) is 0 Å². The van der Waals surface area contributed by atoms with Gasteiger partial charge < -0.3 is 10.2 Å². The van der Waals surface area contributed by atoms with E-state index in [2.05, 4.69) is 5.32 Å². The minimum Gasteiger partial charge on any atom is -0.352 e. The predicted molar refractivity (Wildman–Crippen MR) is 179 cm³/mol. The predicted octanol–water partition coefficient (Wildman–Crippen LogP) is 6.86. The smallest absolute Gasteiger partial charge is 0.243 e. The highest BCUT2D eigenvalue weighted by atomic mass is 35.5. The Morgan fingerprint density at radius 3 is 2.30 bits per heavy atom. The second-order valence-electron chi connectivity index (χ2n) is 11.7. The molecule has 0 aromatic heterocycles. The first-order valence-electron chi connectivity index (χ1n) is 15.0. The van der Waals surface area contributed by atoms with Gasteiger partial charge in [0.1, 0.15) is 6.04 Å². The number of hydrogen-bond acceptors (Lipinski definition) is 4. The molecule has 3 aromatic rings. The molecule has 0 spiro atoms. The van der Waals surface area contributed by atoms with E-state index in [4.69, 9.17) is 23.2 Å². The fourth-order valence-electron chi connectivity index (χ4n) is 5.64. The number of sulfonamides is 1. The highest BCUT2D eigenvalue weighted by molar-refractivity contribution is 7.92. The molecule has 236 valence electrons. The molecule has 3 aromatic carbocycles. The molecular weight excluding hydrogens is 617 g/mol. The Kier molecular flexibility index (Phi) is 11.7. The lowest BCUT2D eigenvalue weighted by Crippen LogP contribution is -2.52. The van der Waals surface area contributed by atoms with Crippen LogP contribution >= 0.6 is 23.2 Å². The zero-order valence-electron chi connectivity index (χ0n) is 25.6. The average Bonchev–Trinajstić information content (AvgIpc) is 3.48. The van der Waals surface area contributed by atoms with Gasteiger partial charge in [-0.15, -0.1) is 0 Å². The van der Waals surface area contributed by atoms with Gasteiger partial charge in [-0.3, -0.25) is 13.9 Å². The Labute approximate surface area is 271 Å². The number of halogens is 2. The van der Waals surface area contributed by atoms with Crippen molar-refractivity contribution in [2.75, 3.05) is 17.1 Å². The van der Waals surface area contributed by atoms with Crippen molar-refractivity contribution in [3.8, 4) is 0 Å². The van der Waals surface area contributed by atoms with Gasteiger partial charge >= 0.3 is 0 Å². The van der Waals surface area contributed by atoms with Gasteiger partial charge in [0, 0.05) is 42.0 Å². The van der Waals surface area contributed by atoms with Crippen LogP contribution in [0.15, 0.2) is 66.7 Å². The molecule has 0 heterocycles. The molecule has 0 unspecified atom stereocenters. The summed E-state index contributed by atoms with van der Waals surface area (Å²) in [6, 6.07) is 19.5. The number of carbonyl (C=O) groups excluding carboxylic acids is 2. The van der Waals surface area contributed by atoms with Crippen LogP contribution in [-0.4, -0.2) is 50.0 Å². The second-order valence-corrected chi connectivity index (χ2v) is 14.4. The molecule has 0 radical (unpaired) electrons. The molecule has 44 heavy (non-hydrogen) atoms. The van der Waals surface area contributed by atoms with E-state index in [-0.39, 0.29) is 43.8 Å². The van der Waals surface area contributed by atoms with Crippen LogP contribution in [0.25, 0.3) is 0 Å². The normalized spacial score (nSPS) is 14.3. The lowest BCUT2D eigenvalue weighted by atomic mass is 10.0. The first kappa shape index (κ1) is 33.8. The topological polar surface area (TPSA) is 86.8 Å². The summed E-state index contributed by atoms with van der Waals surface area (Å²) in [4.78, 5) is 29.6. The van der Waals surface area contributed by atoms with Crippen molar-refractivity contribution >= 4 is 50.7 Å². The van der Waals surface area contributed by atoms with Gasteiger partial charge in [0.2, 0.25) is 21.8 Å². The van der Waals surface area contributed by atoms with Gasteiger partial charge in [0.05, 0.1) is 11.9 Å². The summed E-state index contributed by atoms with van der Waals surface area (Å²) >= 11 is 12.7. The zero-order valence-corrected chi connectivity index (χ0v) is 27.9. The highest BCUT2D eigenvalue weighted by Crippen LogP contribution is 2.26. The van der Waals surface area contributed by atoms with E-state index < -0.39 is 16.1 Å². The average molecular weight is 659 g/mol. The Morgan fingerprint density at radius 1 is 0.955 bits per heavy atom. The van der Waals surface area contributed by atoms with Crippen molar-refractivity contribution in [2.45, 2.75) is 77.4 Å². The summed E-state index contributed by atoms with van der Waals surface area (Å²) in [6.07, 6.45) is 5.77. The number of aryl methyl sites for hydroxylation is 2. The molecule has 1 aliphatic rings. The Bertz CT molecular complexity index is 1560. The Hall–Kier alpha value is -3.07. The summed E-state index contributed by atoms with van der Waals surface area (Å²) in [6.45, 7) is 4.14. The van der Waals surface area contributed by atoms with E-state index in [1.165, 1.54) is 10.6 Å². The monoisotopic (exact) mass is 657 g/mol. The van der Waals surface area contributed by atoms with Crippen molar-refractivity contribution in [1.82, 2.24) is 10.2 Å². The third kappa shape index (κ3) is 9.22. The van der Waals surface area contributed by atoms with E-state index in [0.29, 0.717) is 27.7 Å². The number of rotatable bonds is 13. The Balaban J connectivity index is 1.61. The highest BCUT2D eigenvalue weighted by Gasteiger charge is 2.32. The van der Waals surface area contributed by atoms with Crippen LogP contribution in [0.1, 0.15) is 60.8 Å². The maximum atomic E-state index is 14.1. The van der Waals surface area contributed by atoms with Gasteiger partial charge in [0.15, 0.2) is 0 Å². The molecule has 4 rings (SSSR count). The van der Waals surface area contributed by atoms with E-state index in [0.717, 1.165) is 42.4 Å². The van der Waals surface area contributed by atoms with Crippen molar-refractivity contribution in [1.29, 1.82) is 0 Å². The quantitative estimate of drug-likeness (QED) is 0.218. The molecule has 10 heteroatoms. The molecule has 7 nitrogen and oxygen atoms in total. The van der Waals surface area contributed by atoms with Crippen molar-refractivity contribution in [3.05, 3.63) is 99.0 Å². The van der Waals surface area contributed by atoms with Crippen LogP contribution in [0.2, 0.25) is 10.0 Å². The zero-order chi connectivity index (χ0) is 31.9. The maximum Gasteiger partial charge on any atom is 0.243 e. The standard InChI is InChI=1S/C34H41Cl2N3O4S/c1-24-15-18-30(20-25(24)2)39(44(3,42)43)19-9-14-33(40)38(23-27-16-17-28(35)22-31(27)36)32(21-26-10-5-4-6-11-26)34(41)37-29-12-7-8-13-29/h4-6,10-11,15-18,20,22,29,32H,7-9,12-14,19,21,23H2,1-3H3,(H,37,41)/t32-/m0/s1. The molecule has 1 atom stereocenters. The Morgan fingerprint density at radius 2 is 1.66 bits per heavy atom.